The van der Waals surface area contributed by atoms with E-state index in [2.05, 4.69) is 4.98 Å². The van der Waals surface area contributed by atoms with Crippen molar-refractivity contribution in [1.29, 1.82) is 5.26 Å². The molecule has 14 heavy (non-hydrogen) atoms. The first-order valence-corrected chi connectivity index (χ1v) is 4.02. The predicted octanol–water partition coefficient (Wildman–Crippen LogP) is 1.54. The number of hydrogen-bond donors (Lipinski definition) is 1. The molecule has 0 aliphatic heterocycles. The zero-order valence-electron chi connectivity index (χ0n) is 7.37. The van der Waals surface area contributed by atoms with Gasteiger partial charge in [0.05, 0.1) is 12.5 Å². The maximum absolute atomic E-state index is 12.4. The van der Waals surface area contributed by atoms with Gasteiger partial charge in [-0.2, -0.15) is 5.26 Å². The summed E-state index contributed by atoms with van der Waals surface area (Å²) in [6, 6.07) is 3.31. The second kappa shape index (κ2) is 4.63. The Morgan fingerprint density at radius 3 is 2.79 bits per heavy atom. The highest BCUT2D eigenvalue weighted by Gasteiger charge is 2.14. The standard InChI is InChI=1S/C9H9F2N3/c10-9(11)8-7(1-2-12)3-6(4-13)5-14-8/h3,5,9H,1,4,13H2. The number of hydrogen-bond acceptors (Lipinski definition) is 3. The number of nitrogens with zero attached hydrogens (tertiary/aromatic N) is 2. The van der Waals surface area contributed by atoms with Crippen LogP contribution in [0.25, 0.3) is 0 Å². The second-order valence-electron chi connectivity index (χ2n) is 2.73. The van der Waals surface area contributed by atoms with Crippen LogP contribution in [0.15, 0.2) is 12.3 Å². The third kappa shape index (κ3) is 2.24. The molecule has 1 aromatic heterocycles. The van der Waals surface area contributed by atoms with Gasteiger partial charge in [-0.3, -0.25) is 4.98 Å². The molecule has 1 aromatic rings. The van der Waals surface area contributed by atoms with Gasteiger partial charge in [0, 0.05) is 12.7 Å². The zero-order chi connectivity index (χ0) is 10.6. The highest BCUT2D eigenvalue weighted by molar-refractivity contribution is 5.28. The van der Waals surface area contributed by atoms with Crippen LogP contribution in [0.1, 0.15) is 23.2 Å². The van der Waals surface area contributed by atoms with Gasteiger partial charge in [-0.15, -0.1) is 0 Å². The number of alkyl halides is 2. The summed E-state index contributed by atoms with van der Waals surface area (Å²) in [5, 5.41) is 8.44. The summed E-state index contributed by atoms with van der Waals surface area (Å²) in [5.41, 5.74) is 5.91. The molecule has 2 N–H and O–H groups in total. The van der Waals surface area contributed by atoms with Gasteiger partial charge in [0.15, 0.2) is 0 Å². The molecular weight excluding hydrogens is 188 g/mol. The first kappa shape index (κ1) is 10.5. The van der Waals surface area contributed by atoms with Crippen LogP contribution in [-0.4, -0.2) is 4.98 Å². The zero-order valence-corrected chi connectivity index (χ0v) is 7.37. The van der Waals surface area contributed by atoms with E-state index >= 15 is 0 Å². The summed E-state index contributed by atoms with van der Waals surface area (Å²) in [7, 11) is 0. The van der Waals surface area contributed by atoms with E-state index < -0.39 is 6.43 Å². The van der Waals surface area contributed by atoms with Crippen molar-refractivity contribution >= 4 is 0 Å². The van der Waals surface area contributed by atoms with Crippen LogP contribution in [-0.2, 0) is 13.0 Å². The Morgan fingerprint density at radius 1 is 1.57 bits per heavy atom. The van der Waals surface area contributed by atoms with Gasteiger partial charge in [-0.25, -0.2) is 8.78 Å². The SMILES string of the molecule is N#CCc1cc(CN)cnc1C(F)F. The maximum atomic E-state index is 12.4. The average molecular weight is 197 g/mol. The van der Waals surface area contributed by atoms with Gasteiger partial charge in [0.2, 0.25) is 0 Å². The first-order chi connectivity index (χ1) is 6.69. The lowest BCUT2D eigenvalue weighted by atomic mass is 10.1. The minimum absolute atomic E-state index is 0.0689. The number of pyridine rings is 1. The van der Waals surface area contributed by atoms with Crippen LogP contribution in [0.4, 0.5) is 8.78 Å². The van der Waals surface area contributed by atoms with Crippen molar-refractivity contribution in [3.05, 3.63) is 29.1 Å². The molecule has 3 nitrogen and oxygen atoms in total. The van der Waals surface area contributed by atoms with E-state index in [4.69, 9.17) is 11.0 Å². The van der Waals surface area contributed by atoms with Crippen molar-refractivity contribution < 1.29 is 8.78 Å². The Kier molecular flexibility index (Phi) is 3.48. The van der Waals surface area contributed by atoms with Crippen LogP contribution in [0.3, 0.4) is 0 Å². The molecular formula is C9H9F2N3. The maximum Gasteiger partial charge on any atom is 0.280 e. The van der Waals surface area contributed by atoms with Crippen molar-refractivity contribution in [2.24, 2.45) is 5.73 Å². The Morgan fingerprint density at radius 2 is 2.29 bits per heavy atom. The molecule has 0 spiro atoms. The summed E-state index contributed by atoms with van der Waals surface area (Å²) in [4.78, 5) is 3.59. The van der Waals surface area contributed by atoms with Gasteiger partial charge in [-0.1, -0.05) is 0 Å². The molecule has 5 heteroatoms. The minimum atomic E-state index is -2.65. The average Bonchev–Trinajstić information content (AvgIpc) is 2.17. The topological polar surface area (TPSA) is 62.7 Å². The number of halogens is 2. The molecule has 0 atom stereocenters. The lowest BCUT2D eigenvalue weighted by Crippen LogP contribution is -2.03. The Labute approximate surface area is 80.2 Å². The summed E-state index contributed by atoms with van der Waals surface area (Å²) in [5.74, 6) is 0. The molecule has 74 valence electrons. The van der Waals surface area contributed by atoms with Crippen LogP contribution < -0.4 is 5.73 Å². The molecule has 1 rings (SSSR count). The van der Waals surface area contributed by atoms with Crippen molar-refractivity contribution in [3.8, 4) is 6.07 Å². The van der Waals surface area contributed by atoms with Crippen LogP contribution in [0.2, 0.25) is 0 Å². The lowest BCUT2D eigenvalue weighted by Gasteiger charge is -2.06. The monoisotopic (exact) mass is 197 g/mol. The molecule has 0 aromatic carbocycles. The van der Waals surface area contributed by atoms with Crippen molar-refractivity contribution in [2.75, 3.05) is 0 Å². The molecule has 0 aliphatic carbocycles. The normalized spacial score (nSPS) is 10.2. The van der Waals surface area contributed by atoms with Gasteiger partial charge >= 0.3 is 0 Å². The van der Waals surface area contributed by atoms with E-state index in [1.807, 2.05) is 6.07 Å². The van der Waals surface area contributed by atoms with Gasteiger partial charge in [0.25, 0.3) is 6.43 Å². The molecule has 0 aliphatic rings. The van der Waals surface area contributed by atoms with E-state index in [9.17, 15) is 8.78 Å². The minimum Gasteiger partial charge on any atom is -0.326 e. The molecule has 0 radical (unpaired) electrons. The van der Waals surface area contributed by atoms with Crippen molar-refractivity contribution in [2.45, 2.75) is 19.4 Å². The van der Waals surface area contributed by atoms with Gasteiger partial charge < -0.3 is 5.73 Å². The van der Waals surface area contributed by atoms with Crippen molar-refractivity contribution in [3.63, 3.8) is 0 Å². The first-order valence-electron chi connectivity index (χ1n) is 4.02. The molecule has 0 unspecified atom stereocenters. The summed E-state index contributed by atoms with van der Waals surface area (Å²) in [6.45, 7) is 0.231. The summed E-state index contributed by atoms with van der Waals surface area (Å²) in [6.07, 6.45) is -1.41. The number of nitriles is 1. The van der Waals surface area contributed by atoms with Gasteiger partial charge in [0.1, 0.15) is 5.69 Å². The van der Waals surface area contributed by atoms with Gasteiger partial charge in [-0.05, 0) is 17.2 Å². The summed E-state index contributed by atoms with van der Waals surface area (Å²) < 4.78 is 24.8. The third-order valence-corrected chi connectivity index (χ3v) is 1.77. The highest BCUT2D eigenvalue weighted by Crippen LogP contribution is 2.21. The van der Waals surface area contributed by atoms with E-state index in [1.165, 1.54) is 12.3 Å². The van der Waals surface area contributed by atoms with E-state index in [1.54, 1.807) is 0 Å². The quantitative estimate of drug-likeness (QED) is 0.799. The van der Waals surface area contributed by atoms with E-state index in [0.29, 0.717) is 5.56 Å². The Balaban J connectivity index is 3.11. The fourth-order valence-corrected chi connectivity index (χ4v) is 1.11. The highest BCUT2D eigenvalue weighted by atomic mass is 19.3. The molecule has 0 bridgehead atoms. The van der Waals surface area contributed by atoms with Crippen LogP contribution in [0.5, 0.6) is 0 Å². The fourth-order valence-electron chi connectivity index (χ4n) is 1.11. The van der Waals surface area contributed by atoms with Crippen molar-refractivity contribution in [1.82, 2.24) is 4.98 Å². The lowest BCUT2D eigenvalue weighted by molar-refractivity contribution is 0.145. The number of rotatable bonds is 3. The molecule has 1 heterocycles. The predicted molar refractivity (Wildman–Crippen MR) is 46.4 cm³/mol. The smallest absolute Gasteiger partial charge is 0.280 e. The summed E-state index contributed by atoms with van der Waals surface area (Å²) >= 11 is 0. The molecule has 0 saturated heterocycles. The number of nitrogens with two attached hydrogens (primary N) is 1. The van der Waals surface area contributed by atoms with E-state index in [0.717, 1.165) is 0 Å². The fraction of sp³-hybridized carbons (Fsp3) is 0.333. The largest absolute Gasteiger partial charge is 0.326 e. The second-order valence-corrected chi connectivity index (χ2v) is 2.73. The van der Waals surface area contributed by atoms with Crippen LogP contribution in [0, 0.1) is 11.3 Å². The Bertz CT molecular complexity index is 358. The molecule has 0 fully saturated rings. The third-order valence-electron chi connectivity index (χ3n) is 1.77. The molecule has 0 amide bonds. The van der Waals surface area contributed by atoms with Crippen LogP contribution >= 0.6 is 0 Å². The van der Waals surface area contributed by atoms with E-state index in [-0.39, 0.29) is 24.2 Å². The Hall–Kier alpha value is -1.54. The molecule has 0 saturated carbocycles. The number of aromatic nitrogens is 1.